The zero-order valence-electron chi connectivity index (χ0n) is 13.0. The Bertz CT molecular complexity index is 788. The third-order valence-electron chi connectivity index (χ3n) is 3.47. The number of amides is 1. The Kier molecular flexibility index (Phi) is 4.18. The van der Waals surface area contributed by atoms with Gasteiger partial charge in [-0.25, -0.2) is 0 Å². The van der Waals surface area contributed by atoms with Crippen molar-refractivity contribution < 1.29 is 9.32 Å². The highest BCUT2D eigenvalue weighted by Crippen LogP contribution is 2.14. The first kappa shape index (κ1) is 15.0. The van der Waals surface area contributed by atoms with Crippen LogP contribution in [0.3, 0.4) is 0 Å². The number of carbonyl (C=O) groups is 1. The average molecular weight is 311 g/mol. The molecule has 0 fully saturated rings. The van der Waals surface area contributed by atoms with E-state index in [0.29, 0.717) is 29.4 Å². The Morgan fingerprint density at radius 2 is 2.17 bits per heavy atom. The van der Waals surface area contributed by atoms with Gasteiger partial charge in [0.25, 0.3) is 5.91 Å². The van der Waals surface area contributed by atoms with Gasteiger partial charge in [0.05, 0.1) is 5.69 Å². The molecule has 3 aromatic rings. The van der Waals surface area contributed by atoms with Gasteiger partial charge in [-0.3, -0.25) is 14.5 Å². The number of pyridine rings is 1. The summed E-state index contributed by atoms with van der Waals surface area (Å²) in [6.07, 6.45) is 4.37. The summed E-state index contributed by atoms with van der Waals surface area (Å²) >= 11 is 0. The van der Waals surface area contributed by atoms with Crippen LogP contribution in [0.1, 0.15) is 27.5 Å². The van der Waals surface area contributed by atoms with Crippen molar-refractivity contribution in [2.24, 2.45) is 0 Å². The minimum absolute atomic E-state index is 0.267. The van der Waals surface area contributed by atoms with Crippen LogP contribution < -0.4 is 5.32 Å². The lowest BCUT2D eigenvalue weighted by molar-refractivity contribution is 0.102. The van der Waals surface area contributed by atoms with Crippen LogP contribution in [-0.4, -0.2) is 25.8 Å². The molecular formula is C16H17N5O2. The van der Waals surface area contributed by atoms with Crippen molar-refractivity contribution in [2.75, 3.05) is 5.32 Å². The maximum Gasteiger partial charge on any atom is 0.262 e. The third kappa shape index (κ3) is 3.45. The molecule has 7 nitrogen and oxygen atoms in total. The van der Waals surface area contributed by atoms with E-state index >= 15 is 0 Å². The van der Waals surface area contributed by atoms with Crippen molar-refractivity contribution in [3.8, 4) is 0 Å². The van der Waals surface area contributed by atoms with Gasteiger partial charge in [0.1, 0.15) is 11.3 Å². The van der Waals surface area contributed by atoms with E-state index in [1.54, 1.807) is 30.8 Å². The van der Waals surface area contributed by atoms with Gasteiger partial charge in [-0.1, -0.05) is 11.2 Å². The van der Waals surface area contributed by atoms with Crippen LogP contribution in [0.2, 0.25) is 0 Å². The third-order valence-corrected chi connectivity index (χ3v) is 3.47. The zero-order valence-corrected chi connectivity index (χ0v) is 13.0. The summed E-state index contributed by atoms with van der Waals surface area (Å²) in [6.45, 7) is 4.13. The van der Waals surface area contributed by atoms with Gasteiger partial charge in [0.2, 0.25) is 0 Å². The molecule has 3 heterocycles. The van der Waals surface area contributed by atoms with E-state index in [-0.39, 0.29) is 5.91 Å². The number of hydrogen-bond donors (Lipinski definition) is 1. The largest absolute Gasteiger partial charge is 0.361 e. The summed E-state index contributed by atoms with van der Waals surface area (Å²) in [5.74, 6) is 0.724. The fourth-order valence-corrected chi connectivity index (χ4v) is 2.31. The minimum atomic E-state index is -0.267. The first-order valence-corrected chi connectivity index (χ1v) is 7.31. The highest BCUT2D eigenvalue weighted by Gasteiger charge is 2.18. The van der Waals surface area contributed by atoms with Crippen LogP contribution in [0.5, 0.6) is 0 Å². The Hall–Kier alpha value is -2.96. The Balaban J connectivity index is 1.62. The molecule has 0 unspecified atom stereocenters. The van der Waals surface area contributed by atoms with Crippen molar-refractivity contribution in [1.29, 1.82) is 0 Å². The lowest BCUT2D eigenvalue weighted by Crippen LogP contribution is -2.14. The molecule has 0 aromatic carbocycles. The van der Waals surface area contributed by atoms with Gasteiger partial charge in [-0.15, -0.1) is 0 Å². The maximum atomic E-state index is 12.2. The predicted molar refractivity (Wildman–Crippen MR) is 84.1 cm³/mol. The molecule has 23 heavy (non-hydrogen) atoms. The van der Waals surface area contributed by atoms with Crippen LogP contribution in [0.15, 0.2) is 41.2 Å². The minimum Gasteiger partial charge on any atom is -0.361 e. The van der Waals surface area contributed by atoms with Gasteiger partial charge >= 0.3 is 0 Å². The molecule has 0 aliphatic carbocycles. The second-order valence-corrected chi connectivity index (χ2v) is 5.19. The standard InChI is InChI=1S/C16H17N5O2/c1-11-15(12(2)23-20-11)16(22)18-14-7-10-21(19-14)9-6-13-5-3-4-8-17-13/h3-5,7-8,10H,6,9H2,1-2H3,(H,18,19,22). The number of nitrogens with zero attached hydrogens (tertiary/aromatic N) is 4. The summed E-state index contributed by atoms with van der Waals surface area (Å²) < 4.78 is 6.78. The number of rotatable bonds is 5. The number of anilines is 1. The number of hydrogen-bond acceptors (Lipinski definition) is 5. The molecule has 3 aromatic heterocycles. The van der Waals surface area contributed by atoms with Gasteiger partial charge in [-0.2, -0.15) is 5.10 Å². The van der Waals surface area contributed by atoms with E-state index in [9.17, 15) is 4.79 Å². The van der Waals surface area contributed by atoms with Crippen molar-refractivity contribution in [2.45, 2.75) is 26.8 Å². The molecule has 0 spiro atoms. The fraction of sp³-hybridized carbons (Fsp3) is 0.250. The molecule has 7 heteroatoms. The first-order chi connectivity index (χ1) is 11.1. The summed E-state index contributed by atoms with van der Waals surface area (Å²) in [6, 6.07) is 7.58. The molecule has 0 radical (unpaired) electrons. The molecule has 118 valence electrons. The van der Waals surface area contributed by atoms with Crippen LogP contribution >= 0.6 is 0 Å². The van der Waals surface area contributed by atoms with Gasteiger partial charge < -0.3 is 9.84 Å². The summed E-state index contributed by atoms with van der Waals surface area (Å²) in [5.41, 5.74) is 2.02. The molecule has 0 saturated carbocycles. The van der Waals surface area contributed by atoms with Gasteiger partial charge in [0, 0.05) is 37.1 Å². The Morgan fingerprint density at radius 1 is 1.30 bits per heavy atom. The second-order valence-electron chi connectivity index (χ2n) is 5.19. The molecular weight excluding hydrogens is 294 g/mol. The van der Waals surface area contributed by atoms with Crippen molar-refractivity contribution in [3.05, 3.63) is 59.4 Å². The topological polar surface area (TPSA) is 85.8 Å². The average Bonchev–Trinajstić information content (AvgIpc) is 3.13. The highest BCUT2D eigenvalue weighted by molar-refractivity contribution is 6.05. The van der Waals surface area contributed by atoms with Crippen LogP contribution in [0.4, 0.5) is 5.82 Å². The summed E-state index contributed by atoms with van der Waals surface area (Å²) in [4.78, 5) is 16.5. The molecule has 1 amide bonds. The monoisotopic (exact) mass is 311 g/mol. The number of carbonyl (C=O) groups excluding carboxylic acids is 1. The number of aryl methyl sites for hydroxylation is 4. The fourth-order valence-electron chi connectivity index (χ4n) is 2.31. The molecule has 0 aliphatic heterocycles. The smallest absolute Gasteiger partial charge is 0.262 e. The quantitative estimate of drug-likeness (QED) is 0.782. The Morgan fingerprint density at radius 3 is 2.87 bits per heavy atom. The lowest BCUT2D eigenvalue weighted by atomic mass is 10.2. The summed E-state index contributed by atoms with van der Waals surface area (Å²) in [7, 11) is 0. The lowest BCUT2D eigenvalue weighted by Gasteiger charge is -2.02. The Labute approximate surface area is 133 Å². The normalized spacial score (nSPS) is 10.7. The summed E-state index contributed by atoms with van der Waals surface area (Å²) in [5, 5.41) is 10.9. The van der Waals surface area contributed by atoms with E-state index in [1.165, 1.54) is 0 Å². The van der Waals surface area contributed by atoms with Gasteiger partial charge in [0.15, 0.2) is 5.82 Å². The molecule has 0 saturated heterocycles. The van der Waals surface area contributed by atoms with Crippen LogP contribution in [-0.2, 0) is 13.0 Å². The molecule has 3 rings (SSSR count). The molecule has 0 aliphatic rings. The SMILES string of the molecule is Cc1noc(C)c1C(=O)Nc1ccn(CCc2ccccn2)n1. The predicted octanol–water partition coefficient (Wildman–Crippen LogP) is 2.38. The maximum absolute atomic E-state index is 12.2. The zero-order chi connectivity index (χ0) is 16.2. The molecule has 0 atom stereocenters. The van der Waals surface area contributed by atoms with Crippen molar-refractivity contribution in [1.82, 2.24) is 19.9 Å². The van der Waals surface area contributed by atoms with E-state index in [0.717, 1.165) is 12.1 Å². The molecule has 0 bridgehead atoms. The van der Waals surface area contributed by atoms with E-state index in [4.69, 9.17) is 4.52 Å². The van der Waals surface area contributed by atoms with Crippen LogP contribution in [0, 0.1) is 13.8 Å². The van der Waals surface area contributed by atoms with E-state index in [2.05, 4.69) is 20.6 Å². The second kappa shape index (κ2) is 6.43. The van der Waals surface area contributed by atoms with E-state index < -0.39 is 0 Å². The first-order valence-electron chi connectivity index (χ1n) is 7.31. The van der Waals surface area contributed by atoms with Crippen molar-refractivity contribution >= 4 is 11.7 Å². The highest BCUT2D eigenvalue weighted by atomic mass is 16.5. The van der Waals surface area contributed by atoms with Gasteiger partial charge in [-0.05, 0) is 26.0 Å². The number of nitrogens with one attached hydrogen (secondary N) is 1. The molecule has 1 N–H and O–H groups in total. The van der Waals surface area contributed by atoms with Crippen molar-refractivity contribution in [3.63, 3.8) is 0 Å². The number of aromatic nitrogens is 4. The van der Waals surface area contributed by atoms with Crippen LogP contribution in [0.25, 0.3) is 0 Å². The van der Waals surface area contributed by atoms with E-state index in [1.807, 2.05) is 24.4 Å².